The molecule has 0 aromatic carbocycles. The van der Waals surface area contributed by atoms with Gasteiger partial charge in [0.05, 0.1) is 12.2 Å². The minimum atomic E-state index is -0.334. The zero-order chi connectivity index (χ0) is 12.3. The van der Waals surface area contributed by atoms with Crippen LogP contribution in [0.4, 0.5) is 4.39 Å². The summed E-state index contributed by atoms with van der Waals surface area (Å²) in [5.74, 6) is 0.513. The van der Waals surface area contributed by atoms with Crippen LogP contribution in [0, 0.1) is 5.82 Å². The molecule has 4 nitrogen and oxygen atoms in total. The van der Waals surface area contributed by atoms with Gasteiger partial charge in [-0.2, -0.15) is 0 Å². The van der Waals surface area contributed by atoms with Crippen molar-refractivity contribution in [3.63, 3.8) is 0 Å². The average Bonchev–Trinajstić information content (AvgIpc) is 2.72. The van der Waals surface area contributed by atoms with Crippen molar-refractivity contribution < 1.29 is 4.39 Å². The lowest BCUT2D eigenvalue weighted by molar-refractivity contribution is 0.564. The Bertz CT molecular complexity index is 495. The van der Waals surface area contributed by atoms with Gasteiger partial charge in [-0.05, 0) is 18.2 Å². The van der Waals surface area contributed by atoms with Gasteiger partial charge in [-0.15, -0.1) is 0 Å². The van der Waals surface area contributed by atoms with Gasteiger partial charge in [0, 0.05) is 25.6 Å². The van der Waals surface area contributed by atoms with Crippen molar-refractivity contribution in [2.24, 2.45) is 7.05 Å². The molecule has 0 fully saturated rings. The number of nitrogens with one attached hydrogen (secondary N) is 1. The van der Waals surface area contributed by atoms with Gasteiger partial charge in [-0.3, -0.25) is 4.98 Å². The highest BCUT2D eigenvalue weighted by Crippen LogP contribution is 2.19. The van der Waals surface area contributed by atoms with Crippen molar-refractivity contribution in [2.75, 3.05) is 6.54 Å². The van der Waals surface area contributed by atoms with E-state index in [1.54, 1.807) is 12.4 Å². The third-order valence-electron chi connectivity index (χ3n) is 2.58. The summed E-state index contributed by atoms with van der Waals surface area (Å²) in [6, 6.07) is 1.35. The second kappa shape index (κ2) is 5.05. The second-order valence-electron chi connectivity index (χ2n) is 3.82. The molecule has 1 atom stereocenters. The molecule has 0 aliphatic carbocycles. The van der Waals surface area contributed by atoms with Crippen LogP contribution in [0.3, 0.4) is 0 Å². The lowest BCUT2D eigenvalue weighted by atomic mass is 10.1. The molecule has 1 unspecified atom stereocenters. The van der Waals surface area contributed by atoms with Crippen LogP contribution in [-0.2, 0) is 7.05 Å². The monoisotopic (exact) mass is 234 g/mol. The minimum Gasteiger partial charge on any atom is -0.336 e. The van der Waals surface area contributed by atoms with Crippen molar-refractivity contribution in [1.82, 2.24) is 19.9 Å². The number of nitrogens with zero attached hydrogens (tertiary/aromatic N) is 3. The minimum absolute atomic E-state index is 0.136. The lowest BCUT2D eigenvalue weighted by Crippen LogP contribution is -2.25. The molecule has 0 spiro atoms. The summed E-state index contributed by atoms with van der Waals surface area (Å²) < 4.78 is 15.1. The Labute approximate surface area is 99.5 Å². The predicted octanol–water partition coefficient (Wildman–Crippen LogP) is 1.65. The molecule has 2 rings (SSSR count). The van der Waals surface area contributed by atoms with Crippen LogP contribution in [0.1, 0.15) is 24.4 Å². The Morgan fingerprint density at radius 3 is 2.88 bits per heavy atom. The Morgan fingerprint density at radius 1 is 1.47 bits per heavy atom. The SMILES string of the molecule is CCNC(c1cncc(F)c1)c1nccn1C. The first-order chi connectivity index (χ1) is 8.22. The number of halogens is 1. The molecular weight excluding hydrogens is 219 g/mol. The van der Waals surface area contributed by atoms with E-state index in [-0.39, 0.29) is 11.9 Å². The van der Waals surface area contributed by atoms with Crippen LogP contribution in [0.15, 0.2) is 30.9 Å². The van der Waals surface area contributed by atoms with Crippen LogP contribution >= 0.6 is 0 Å². The van der Waals surface area contributed by atoms with Crippen LogP contribution < -0.4 is 5.32 Å². The van der Waals surface area contributed by atoms with Crippen molar-refractivity contribution in [2.45, 2.75) is 13.0 Å². The number of hydrogen-bond donors (Lipinski definition) is 1. The fourth-order valence-electron chi connectivity index (χ4n) is 1.80. The Morgan fingerprint density at radius 2 is 2.29 bits per heavy atom. The molecule has 0 saturated carbocycles. The number of pyridine rings is 1. The van der Waals surface area contributed by atoms with Crippen molar-refractivity contribution >= 4 is 0 Å². The molecule has 2 aromatic heterocycles. The topological polar surface area (TPSA) is 42.7 Å². The molecular formula is C12H15FN4. The van der Waals surface area contributed by atoms with E-state index in [2.05, 4.69) is 15.3 Å². The second-order valence-corrected chi connectivity index (χ2v) is 3.82. The summed E-state index contributed by atoms with van der Waals surface area (Å²) in [5.41, 5.74) is 0.779. The molecule has 90 valence electrons. The van der Waals surface area contributed by atoms with E-state index >= 15 is 0 Å². The number of imidazole rings is 1. The van der Waals surface area contributed by atoms with E-state index in [4.69, 9.17) is 0 Å². The molecule has 0 aliphatic rings. The molecule has 0 aliphatic heterocycles. The molecule has 0 bridgehead atoms. The summed E-state index contributed by atoms with van der Waals surface area (Å²) in [6.07, 6.45) is 6.45. The van der Waals surface area contributed by atoms with Crippen molar-refractivity contribution in [3.8, 4) is 0 Å². The molecule has 17 heavy (non-hydrogen) atoms. The maximum atomic E-state index is 13.2. The first kappa shape index (κ1) is 11.7. The standard InChI is InChI=1S/C12H15FN4/c1-3-15-11(12-16-4-5-17(12)2)9-6-10(13)8-14-7-9/h4-8,11,15H,3H2,1-2H3. The van der Waals surface area contributed by atoms with Gasteiger partial charge >= 0.3 is 0 Å². The van der Waals surface area contributed by atoms with Crippen LogP contribution in [0.2, 0.25) is 0 Å². The number of hydrogen-bond acceptors (Lipinski definition) is 3. The van der Waals surface area contributed by atoms with Crippen LogP contribution in [-0.4, -0.2) is 21.1 Å². The highest BCUT2D eigenvalue weighted by Gasteiger charge is 2.17. The van der Waals surface area contributed by atoms with Gasteiger partial charge in [0.25, 0.3) is 0 Å². The number of rotatable bonds is 4. The maximum Gasteiger partial charge on any atom is 0.141 e. The normalized spacial score (nSPS) is 12.6. The molecule has 0 amide bonds. The molecule has 5 heteroatoms. The highest BCUT2D eigenvalue weighted by molar-refractivity contribution is 5.22. The summed E-state index contributed by atoms with van der Waals surface area (Å²) >= 11 is 0. The number of aryl methyl sites for hydroxylation is 1. The fourth-order valence-corrected chi connectivity index (χ4v) is 1.80. The van der Waals surface area contributed by atoms with Gasteiger partial charge in [0.1, 0.15) is 11.6 Å². The molecule has 0 saturated heterocycles. The van der Waals surface area contributed by atoms with E-state index in [1.807, 2.05) is 24.7 Å². The first-order valence-electron chi connectivity index (χ1n) is 5.53. The Balaban J connectivity index is 2.39. The van der Waals surface area contributed by atoms with Gasteiger partial charge in [-0.25, -0.2) is 9.37 Å². The zero-order valence-electron chi connectivity index (χ0n) is 9.89. The van der Waals surface area contributed by atoms with Crippen LogP contribution in [0.25, 0.3) is 0 Å². The van der Waals surface area contributed by atoms with E-state index < -0.39 is 0 Å². The maximum absolute atomic E-state index is 13.2. The number of aromatic nitrogens is 3. The van der Waals surface area contributed by atoms with Crippen LogP contribution in [0.5, 0.6) is 0 Å². The summed E-state index contributed by atoms with van der Waals surface area (Å²) in [6.45, 7) is 2.77. The predicted molar refractivity (Wildman–Crippen MR) is 62.9 cm³/mol. The zero-order valence-corrected chi connectivity index (χ0v) is 9.89. The quantitative estimate of drug-likeness (QED) is 0.874. The molecule has 2 aromatic rings. The highest BCUT2D eigenvalue weighted by atomic mass is 19.1. The van der Waals surface area contributed by atoms with Gasteiger partial charge in [0.2, 0.25) is 0 Å². The van der Waals surface area contributed by atoms with Crippen molar-refractivity contribution in [3.05, 3.63) is 48.1 Å². The average molecular weight is 234 g/mol. The molecule has 2 heterocycles. The Hall–Kier alpha value is -1.75. The summed E-state index contributed by atoms with van der Waals surface area (Å²) in [4.78, 5) is 8.17. The molecule has 0 radical (unpaired) electrons. The first-order valence-corrected chi connectivity index (χ1v) is 5.53. The third kappa shape index (κ3) is 2.50. The summed E-state index contributed by atoms with van der Waals surface area (Å²) in [5, 5.41) is 3.28. The smallest absolute Gasteiger partial charge is 0.141 e. The fraction of sp³-hybridized carbons (Fsp3) is 0.333. The molecule has 1 N–H and O–H groups in total. The van der Waals surface area contributed by atoms with E-state index in [1.165, 1.54) is 12.3 Å². The van der Waals surface area contributed by atoms with Gasteiger partial charge < -0.3 is 9.88 Å². The third-order valence-corrected chi connectivity index (χ3v) is 2.58. The van der Waals surface area contributed by atoms with Gasteiger partial charge in [-0.1, -0.05) is 6.92 Å². The van der Waals surface area contributed by atoms with E-state index in [0.29, 0.717) is 0 Å². The van der Waals surface area contributed by atoms with Crippen molar-refractivity contribution in [1.29, 1.82) is 0 Å². The largest absolute Gasteiger partial charge is 0.336 e. The van der Waals surface area contributed by atoms with Gasteiger partial charge in [0.15, 0.2) is 0 Å². The lowest BCUT2D eigenvalue weighted by Gasteiger charge is -2.17. The van der Waals surface area contributed by atoms with E-state index in [9.17, 15) is 4.39 Å². The Kier molecular flexibility index (Phi) is 3.49. The van der Waals surface area contributed by atoms with E-state index in [0.717, 1.165) is 17.9 Å². The summed E-state index contributed by atoms with van der Waals surface area (Å²) in [7, 11) is 1.92.